The Balaban J connectivity index is 2.51. The van der Waals surface area contributed by atoms with E-state index in [9.17, 15) is 4.79 Å². The lowest BCUT2D eigenvalue weighted by atomic mass is 10.1. The van der Waals surface area contributed by atoms with E-state index < -0.39 is 0 Å². The molecule has 0 heterocycles. The van der Waals surface area contributed by atoms with E-state index in [0.717, 1.165) is 17.7 Å². The topological polar surface area (TPSA) is 32.3 Å². The predicted molar refractivity (Wildman–Crippen MR) is 62.1 cm³/mol. The fourth-order valence-corrected chi connectivity index (χ4v) is 1.32. The quantitative estimate of drug-likeness (QED) is 0.805. The van der Waals surface area contributed by atoms with Gasteiger partial charge in [0.2, 0.25) is 0 Å². The summed E-state index contributed by atoms with van der Waals surface area (Å²) in [5.41, 5.74) is 1.77. The molecule has 0 saturated heterocycles. The Bertz CT molecular complexity index is 334. The van der Waals surface area contributed by atoms with Crippen molar-refractivity contribution in [2.24, 2.45) is 0 Å². The summed E-state index contributed by atoms with van der Waals surface area (Å²) in [4.78, 5) is 13.8. The molecule has 1 aromatic rings. The Morgan fingerprint density at radius 1 is 1.33 bits per heavy atom. The number of carbonyl (C=O) groups is 1. The second kappa shape index (κ2) is 5.51. The molecular formula is C12H18N2O. The van der Waals surface area contributed by atoms with Gasteiger partial charge in [-0.05, 0) is 32.6 Å². The number of carbonyl (C=O) groups excluding carboxylic acids is 1. The summed E-state index contributed by atoms with van der Waals surface area (Å²) in [6, 6.07) is 7.61. The van der Waals surface area contributed by atoms with Crippen LogP contribution in [0.4, 0.5) is 0 Å². The highest BCUT2D eigenvalue weighted by Crippen LogP contribution is 2.05. The minimum atomic E-state index is 0.00921. The first-order chi connectivity index (χ1) is 7.11. The first-order valence-electron chi connectivity index (χ1n) is 5.10. The standard InChI is InChI=1S/C12H18N2O/c1-10-6-4-5-7-11(10)12(15)13-8-9-14(2)3/h4-7H,8-9H2,1-3H3,(H,13,15). The smallest absolute Gasteiger partial charge is 0.251 e. The molecule has 0 aliphatic heterocycles. The van der Waals surface area contributed by atoms with E-state index in [2.05, 4.69) is 5.32 Å². The van der Waals surface area contributed by atoms with Gasteiger partial charge in [0.05, 0.1) is 0 Å². The van der Waals surface area contributed by atoms with E-state index in [1.165, 1.54) is 0 Å². The lowest BCUT2D eigenvalue weighted by Gasteiger charge is -2.11. The summed E-state index contributed by atoms with van der Waals surface area (Å²) < 4.78 is 0. The summed E-state index contributed by atoms with van der Waals surface area (Å²) in [5, 5.41) is 2.89. The van der Waals surface area contributed by atoms with Crippen molar-refractivity contribution >= 4 is 5.91 Å². The van der Waals surface area contributed by atoms with Crippen LogP contribution in [0.2, 0.25) is 0 Å². The molecule has 1 rings (SSSR count). The summed E-state index contributed by atoms with van der Waals surface area (Å²) in [7, 11) is 3.97. The number of hydrogen-bond donors (Lipinski definition) is 1. The van der Waals surface area contributed by atoms with E-state index in [0.29, 0.717) is 6.54 Å². The molecule has 1 aromatic carbocycles. The van der Waals surface area contributed by atoms with Crippen molar-refractivity contribution in [1.29, 1.82) is 0 Å². The van der Waals surface area contributed by atoms with Crippen LogP contribution in [0.25, 0.3) is 0 Å². The number of nitrogens with zero attached hydrogens (tertiary/aromatic N) is 1. The van der Waals surface area contributed by atoms with Crippen molar-refractivity contribution in [1.82, 2.24) is 10.2 Å². The van der Waals surface area contributed by atoms with Gasteiger partial charge in [0.25, 0.3) is 5.91 Å². The van der Waals surface area contributed by atoms with Crippen LogP contribution in [0.15, 0.2) is 24.3 Å². The third-order valence-electron chi connectivity index (χ3n) is 2.23. The minimum Gasteiger partial charge on any atom is -0.351 e. The normalized spacial score (nSPS) is 10.4. The maximum atomic E-state index is 11.7. The molecule has 0 aliphatic carbocycles. The molecule has 1 amide bonds. The van der Waals surface area contributed by atoms with E-state index >= 15 is 0 Å². The van der Waals surface area contributed by atoms with Crippen LogP contribution in [0.5, 0.6) is 0 Å². The SMILES string of the molecule is Cc1ccccc1C(=O)NCCN(C)C. The van der Waals surface area contributed by atoms with Gasteiger partial charge in [-0.25, -0.2) is 0 Å². The Hall–Kier alpha value is -1.35. The van der Waals surface area contributed by atoms with Gasteiger partial charge in [-0.2, -0.15) is 0 Å². The molecule has 0 spiro atoms. The van der Waals surface area contributed by atoms with E-state index in [-0.39, 0.29) is 5.91 Å². The van der Waals surface area contributed by atoms with Crippen LogP contribution in [0, 0.1) is 6.92 Å². The van der Waals surface area contributed by atoms with Crippen molar-refractivity contribution in [2.75, 3.05) is 27.2 Å². The van der Waals surface area contributed by atoms with Crippen LogP contribution < -0.4 is 5.32 Å². The number of rotatable bonds is 4. The van der Waals surface area contributed by atoms with Gasteiger partial charge < -0.3 is 10.2 Å². The van der Waals surface area contributed by atoms with Crippen molar-refractivity contribution in [2.45, 2.75) is 6.92 Å². The minimum absolute atomic E-state index is 0.00921. The van der Waals surface area contributed by atoms with Gasteiger partial charge in [-0.3, -0.25) is 4.79 Å². The summed E-state index contributed by atoms with van der Waals surface area (Å²) in [6.07, 6.45) is 0. The molecule has 0 bridgehead atoms. The Labute approximate surface area is 91.1 Å². The zero-order valence-corrected chi connectivity index (χ0v) is 9.58. The summed E-state index contributed by atoms with van der Waals surface area (Å²) in [6.45, 7) is 3.48. The van der Waals surface area contributed by atoms with E-state index in [1.54, 1.807) is 0 Å². The molecule has 3 nitrogen and oxygen atoms in total. The number of hydrogen-bond acceptors (Lipinski definition) is 2. The van der Waals surface area contributed by atoms with Crippen molar-refractivity contribution in [3.05, 3.63) is 35.4 Å². The fourth-order valence-electron chi connectivity index (χ4n) is 1.32. The summed E-state index contributed by atoms with van der Waals surface area (Å²) >= 11 is 0. The zero-order valence-electron chi connectivity index (χ0n) is 9.58. The molecule has 0 radical (unpaired) electrons. The molecule has 0 unspecified atom stereocenters. The van der Waals surface area contributed by atoms with Crippen molar-refractivity contribution in [3.8, 4) is 0 Å². The highest BCUT2D eigenvalue weighted by atomic mass is 16.1. The lowest BCUT2D eigenvalue weighted by molar-refractivity contribution is 0.0950. The lowest BCUT2D eigenvalue weighted by Crippen LogP contribution is -2.31. The largest absolute Gasteiger partial charge is 0.351 e. The number of benzene rings is 1. The average molecular weight is 206 g/mol. The third kappa shape index (κ3) is 3.72. The molecular weight excluding hydrogens is 188 g/mol. The predicted octanol–water partition coefficient (Wildman–Crippen LogP) is 1.29. The third-order valence-corrected chi connectivity index (χ3v) is 2.23. The van der Waals surface area contributed by atoms with Crippen LogP contribution in [0.1, 0.15) is 15.9 Å². The first-order valence-corrected chi connectivity index (χ1v) is 5.10. The highest BCUT2D eigenvalue weighted by Gasteiger charge is 2.06. The molecule has 82 valence electrons. The van der Waals surface area contributed by atoms with Crippen molar-refractivity contribution < 1.29 is 4.79 Å². The number of aryl methyl sites for hydroxylation is 1. The Morgan fingerprint density at radius 2 is 2.00 bits per heavy atom. The van der Waals surface area contributed by atoms with Crippen LogP contribution in [-0.2, 0) is 0 Å². The number of amides is 1. The molecule has 0 saturated carbocycles. The van der Waals surface area contributed by atoms with Crippen LogP contribution >= 0.6 is 0 Å². The molecule has 0 fully saturated rings. The van der Waals surface area contributed by atoms with Crippen LogP contribution in [-0.4, -0.2) is 38.0 Å². The molecule has 0 aromatic heterocycles. The molecule has 0 aliphatic rings. The van der Waals surface area contributed by atoms with E-state index in [4.69, 9.17) is 0 Å². The van der Waals surface area contributed by atoms with Gasteiger partial charge >= 0.3 is 0 Å². The summed E-state index contributed by atoms with van der Waals surface area (Å²) in [5.74, 6) is 0.00921. The molecule has 0 atom stereocenters. The van der Waals surface area contributed by atoms with Gasteiger partial charge in [0.15, 0.2) is 0 Å². The van der Waals surface area contributed by atoms with Crippen LogP contribution in [0.3, 0.4) is 0 Å². The molecule has 1 N–H and O–H groups in total. The second-order valence-electron chi connectivity index (χ2n) is 3.87. The number of nitrogens with one attached hydrogen (secondary N) is 1. The maximum Gasteiger partial charge on any atom is 0.251 e. The fraction of sp³-hybridized carbons (Fsp3) is 0.417. The van der Waals surface area contributed by atoms with E-state index in [1.807, 2.05) is 50.2 Å². The Kier molecular flexibility index (Phi) is 4.31. The van der Waals surface area contributed by atoms with Gasteiger partial charge in [-0.1, -0.05) is 18.2 Å². The maximum absolute atomic E-state index is 11.7. The average Bonchev–Trinajstić information content (AvgIpc) is 2.17. The zero-order chi connectivity index (χ0) is 11.3. The molecule has 15 heavy (non-hydrogen) atoms. The second-order valence-corrected chi connectivity index (χ2v) is 3.87. The van der Waals surface area contributed by atoms with Gasteiger partial charge in [0.1, 0.15) is 0 Å². The van der Waals surface area contributed by atoms with Crippen molar-refractivity contribution in [3.63, 3.8) is 0 Å². The number of likely N-dealkylation sites (N-methyl/N-ethyl adjacent to an activating group) is 1. The molecule has 3 heteroatoms. The van der Waals surface area contributed by atoms with Gasteiger partial charge in [0, 0.05) is 18.7 Å². The monoisotopic (exact) mass is 206 g/mol. The Morgan fingerprint density at radius 3 is 2.60 bits per heavy atom. The first kappa shape index (κ1) is 11.7. The highest BCUT2D eigenvalue weighted by molar-refractivity contribution is 5.95. The van der Waals surface area contributed by atoms with Gasteiger partial charge in [-0.15, -0.1) is 0 Å².